The van der Waals surface area contributed by atoms with E-state index in [-0.39, 0.29) is 22.2 Å². The summed E-state index contributed by atoms with van der Waals surface area (Å²) in [5, 5.41) is 12.0. The van der Waals surface area contributed by atoms with Crippen LogP contribution in [0.5, 0.6) is 11.5 Å². The summed E-state index contributed by atoms with van der Waals surface area (Å²) in [6, 6.07) is 7.94. The lowest BCUT2D eigenvalue weighted by Gasteiger charge is -2.24. The van der Waals surface area contributed by atoms with Gasteiger partial charge in [-0.05, 0) is 63.4 Å². The molecule has 3 aromatic heterocycles. The number of aliphatic hydroxyl groups is 1. The maximum atomic E-state index is 13.8. The van der Waals surface area contributed by atoms with Gasteiger partial charge >= 0.3 is 5.91 Å². The van der Waals surface area contributed by atoms with E-state index in [9.17, 15) is 19.5 Å². The van der Waals surface area contributed by atoms with E-state index in [4.69, 9.17) is 9.47 Å². The Balaban J connectivity index is 1.71. The van der Waals surface area contributed by atoms with Gasteiger partial charge in [-0.25, -0.2) is 9.97 Å². The van der Waals surface area contributed by atoms with Crippen LogP contribution in [-0.2, 0) is 9.59 Å². The summed E-state index contributed by atoms with van der Waals surface area (Å²) in [6.07, 6.45) is 4.82. The van der Waals surface area contributed by atoms with Gasteiger partial charge in [0.15, 0.2) is 28.2 Å². The van der Waals surface area contributed by atoms with E-state index in [1.54, 1.807) is 32.0 Å². The SMILES string of the molecule is CCCCCOc1ccc(C2C(=C(O)c3nc4c(C)cccn4c3C)C(=O)C(=O)N2c2nc(C)c(C(C)=O)s2)cc1OCC. The van der Waals surface area contributed by atoms with Gasteiger partial charge in [-0.3, -0.25) is 19.3 Å². The zero-order valence-electron chi connectivity index (χ0n) is 25.8. The van der Waals surface area contributed by atoms with Crippen LogP contribution in [0.1, 0.15) is 84.0 Å². The first-order chi connectivity index (χ1) is 21.1. The molecule has 1 atom stereocenters. The number of Topliss-reactive ketones (excluding diaryl/α,β-unsaturated/α-hetero) is 2. The Hall–Kier alpha value is -4.51. The number of anilines is 1. The van der Waals surface area contributed by atoms with Crippen molar-refractivity contribution in [3.05, 3.63) is 75.2 Å². The van der Waals surface area contributed by atoms with Crippen LogP contribution in [0.2, 0.25) is 0 Å². The summed E-state index contributed by atoms with van der Waals surface area (Å²) >= 11 is 1.03. The Morgan fingerprint density at radius 2 is 1.82 bits per heavy atom. The molecule has 0 bridgehead atoms. The summed E-state index contributed by atoms with van der Waals surface area (Å²) < 4.78 is 13.8. The molecule has 44 heavy (non-hydrogen) atoms. The molecule has 4 heterocycles. The van der Waals surface area contributed by atoms with Crippen molar-refractivity contribution in [3.63, 3.8) is 0 Å². The number of aromatic nitrogens is 3. The predicted octanol–water partition coefficient (Wildman–Crippen LogP) is 6.51. The monoisotopic (exact) mass is 616 g/mol. The Morgan fingerprint density at radius 1 is 1.05 bits per heavy atom. The van der Waals surface area contributed by atoms with Crippen molar-refractivity contribution >= 4 is 45.3 Å². The summed E-state index contributed by atoms with van der Waals surface area (Å²) in [7, 11) is 0. The third-order valence-electron chi connectivity index (χ3n) is 7.65. The molecule has 5 rings (SSSR count). The van der Waals surface area contributed by atoms with E-state index >= 15 is 0 Å². The standard InChI is InChI=1S/C33H36N4O6S/c1-7-9-10-16-43-23-14-13-22(17-24(23)42-8-2)27-25(28(39)26-20(5)36-15-11-12-18(3)31(36)35-26)29(40)32(41)37(27)33-34-19(4)30(44-33)21(6)38/h11-15,17,27,39H,7-10,16H2,1-6H3. The van der Waals surface area contributed by atoms with Gasteiger partial charge in [-0.1, -0.05) is 43.2 Å². The van der Waals surface area contributed by atoms with Crippen LogP contribution in [0.3, 0.4) is 0 Å². The lowest BCUT2D eigenvalue weighted by atomic mass is 9.96. The van der Waals surface area contributed by atoms with Crippen molar-refractivity contribution in [3.8, 4) is 11.5 Å². The summed E-state index contributed by atoms with van der Waals surface area (Å²) in [5.41, 5.74) is 3.15. The number of ketones is 2. The molecule has 230 valence electrons. The molecule has 0 saturated carbocycles. The molecule has 1 saturated heterocycles. The Labute approximate surface area is 260 Å². The number of fused-ring (bicyclic) bond motifs is 1. The largest absolute Gasteiger partial charge is 0.505 e. The topological polar surface area (TPSA) is 123 Å². The number of aliphatic hydroxyl groups excluding tert-OH is 1. The summed E-state index contributed by atoms with van der Waals surface area (Å²) in [4.78, 5) is 50.6. The average molecular weight is 617 g/mol. The smallest absolute Gasteiger partial charge is 0.301 e. The Morgan fingerprint density at radius 3 is 2.48 bits per heavy atom. The number of rotatable bonds is 11. The van der Waals surface area contributed by atoms with E-state index in [2.05, 4.69) is 16.9 Å². The van der Waals surface area contributed by atoms with Crippen molar-refractivity contribution in [2.45, 2.75) is 66.8 Å². The van der Waals surface area contributed by atoms with E-state index in [1.165, 1.54) is 11.8 Å². The number of hydrogen-bond donors (Lipinski definition) is 1. The minimum atomic E-state index is -1.07. The highest BCUT2D eigenvalue weighted by Crippen LogP contribution is 2.46. The molecular weight excluding hydrogens is 580 g/mol. The van der Waals surface area contributed by atoms with Gasteiger partial charge in [-0.2, -0.15) is 0 Å². The molecule has 10 nitrogen and oxygen atoms in total. The predicted molar refractivity (Wildman–Crippen MR) is 169 cm³/mol. The van der Waals surface area contributed by atoms with E-state index in [1.807, 2.05) is 36.6 Å². The van der Waals surface area contributed by atoms with Crippen molar-refractivity contribution < 1.29 is 29.0 Å². The molecule has 1 amide bonds. The van der Waals surface area contributed by atoms with Gasteiger partial charge in [-0.15, -0.1) is 0 Å². The number of nitrogens with zero attached hydrogens (tertiary/aromatic N) is 4. The van der Waals surface area contributed by atoms with Gasteiger partial charge in [0.2, 0.25) is 0 Å². The van der Waals surface area contributed by atoms with Gasteiger partial charge in [0.25, 0.3) is 5.78 Å². The molecule has 1 aliphatic rings. The molecule has 11 heteroatoms. The number of imidazole rings is 1. The number of amides is 1. The number of thiazole rings is 1. The number of ether oxygens (including phenoxy) is 2. The number of benzene rings is 1. The van der Waals surface area contributed by atoms with Gasteiger partial charge < -0.3 is 19.0 Å². The molecule has 1 fully saturated rings. The first-order valence-electron chi connectivity index (χ1n) is 14.7. The number of aryl methyl sites for hydroxylation is 3. The van der Waals surface area contributed by atoms with Gasteiger partial charge in [0.05, 0.1) is 41.1 Å². The normalized spacial score (nSPS) is 16.2. The van der Waals surface area contributed by atoms with Crippen LogP contribution < -0.4 is 14.4 Å². The van der Waals surface area contributed by atoms with Crippen molar-refractivity contribution in [2.24, 2.45) is 0 Å². The highest BCUT2D eigenvalue weighted by Gasteiger charge is 2.49. The third kappa shape index (κ3) is 5.47. The van der Waals surface area contributed by atoms with Gasteiger partial charge in [0.1, 0.15) is 11.3 Å². The molecule has 1 N–H and O–H groups in total. The minimum Gasteiger partial charge on any atom is -0.505 e. The first-order valence-corrected chi connectivity index (χ1v) is 15.5. The average Bonchev–Trinajstić information content (AvgIpc) is 3.63. The fourth-order valence-electron chi connectivity index (χ4n) is 5.45. The molecule has 1 aromatic carbocycles. The number of carbonyl (C=O) groups is 3. The van der Waals surface area contributed by atoms with Crippen LogP contribution in [-0.4, -0.2) is 50.2 Å². The highest BCUT2D eigenvalue weighted by molar-refractivity contribution is 7.18. The Kier molecular flexibility index (Phi) is 8.87. The second kappa shape index (κ2) is 12.6. The quantitative estimate of drug-likeness (QED) is 0.0665. The van der Waals surface area contributed by atoms with E-state index in [0.29, 0.717) is 52.2 Å². The number of pyridine rings is 1. The summed E-state index contributed by atoms with van der Waals surface area (Å²) in [5.74, 6) is -1.34. The molecule has 1 aliphatic heterocycles. The van der Waals surface area contributed by atoms with Crippen LogP contribution in [0, 0.1) is 20.8 Å². The number of carbonyl (C=O) groups excluding carboxylic acids is 3. The van der Waals surface area contributed by atoms with Crippen molar-refractivity contribution in [2.75, 3.05) is 18.1 Å². The fourth-order valence-corrected chi connectivity index (χ4v) is 6.44. The molecule has 0 radical (unpaired) electrons. The maximum Gasteiger partial charge on any atom is 0.301 e. The molecule has 0 spiro atoms. The second-order valence-corrected chi connectivity index (χ2v) is 11.7. The molecule has 0 aliphatic carbocycles. The van der Waals surface area contributed by atoms with Crippen LogP contribution >= 0.6 is 11.3 Å². The van der Waals surface area contributed by atoms with Crippen LogP contribution in [0.15, 0.2) is 42.1 Å². The zero-order valence-corrected chi connectivity index (χ0v) is 26.6. The fraction of sp³-hybridized carbons (Fsp3) is 0.364. The van der Waals surface area contributed by atoms with Crippen molar-refractivity contribution in [1.82, 2.24) is 14.4 Å². The van der Waals surface area contributed by atoms with Gasteiger partial charge in [0, 0.05) is 13.1 Å². The van der Waals surface area contributed by atoms with E-state index in [0.717, 1.165) is 36.2 Å². The lowest BCUT2D eigenvalue weighted by molar-refractivity contribution is -0.132. The number of hydrogen-bond acceptors (Lipinski definition) is 9. The number of unbranched alkanes of at least 4 members (excludes halogenated alkanes) is 2. The van der Waals surface area contributed by atoms with E-state index < -0.39 is 23.5 Å². The van der Waals surface area contributed by atoms with Crippen molar-refractivity contribution in [1.29, 1.82) is 0 Å². The molecule has 4 aromatic rings. The first kappa shape index (κ1) is 30.9. The molecular formula is C33H36N4O6S. The van der Waals surface area contributed by atoms with Crippen LogP contribution in [0.25, 0.3) is 11.4 Å². The maximum absolute atomic E-state index is 13.8. The summed E-state index contributed by atoms with van der Waals surface area (Å²) in [6.45, 7) is 11.7. The highest BCUT2D eigenvalue weighted by atomic mass is 32.1. The molecule has 1 unspecified atom stereocenters. The Bertz CT molecular complexity index is 1800. The zero-order chi connectivity index (χ0) is 31.7. The lowest BCUT2D eigenvalue weighted by Crippen LogP contribution is -2.29. The van der Waals surface area contributed by atoms with Crippen LogP contribution in [0.4, 0.5) is 5.13 Å². The second-order valence-electron chi connectivity index (χ2n) is 10.8. The third-order valence-corrected chi connectivity index (χ3v) is 8.91. The minimum absolute atomic E-state index is 0.129.